The van der Waals surface area contributed by atoms with E-state index in [2.05, 4.69) is 24.5 Å². The molecule has 17 heavy (non-hydrogen) atoms. The highest BCUT2D eigenvalue weighted by Crippen LogP contribution is 2.24. The lowest BCUT2D eigenvalue weighted by atomic mass is 9.83. The van der Waals surface area contributed by atoms with Crippen LogP contribution in [0.2, 0.25) is 0 Å². The molecule has 102 valence electrons. The Labute approximate surface area is 104 Å². The van der Waals surface area contributed by atoms with E-state index in [1.54, 1.807) is 7.11 Å². The van der Waals surface area contributed by atoms with Gasteiger partial charge >= 0.3 is 0 Å². The van der Waals surface area contributed by atoms with Crippen molar-refractivity contribution in [1.29, 1.82) is 0 Å². The minimum absolute atomic E-state index is 0.0407. The third kappa shape index (κ3) is 6.61. The highest BCUT2D eigenvalue weighted by Gasteiger charge is 2.24. The van der Waals surface area contributed by atoms with E-state index < -0.39 is 0 Å². The lowest BCUT2D eigenvalue weighted by Crippen LogP contribution is -2.42. The Morgan fingerprint density at radius 2 is 2.00 bits per heavy atom. The Balaban J connectivity index is 3.77. The van der Waals surface area contributed by atoms with Gasteiger partial charge in [-0.3, -0.25) is 4.79 Å². The molecule has 0 aromatic carbocycles. The second kappa shape index (κ2) is 9.39. The normalized spacial score (nSPS) is 11.5. The Bertz CT molecular complexity index is 198. The molecule has 0 aliphatic heterocycles. The molecule has 0 rings (SSSR count). The first kappa shape index (κ1) is 16.4. The quantitative estimate of drug-likeness (QED) is 0.479. The molecule has 0 aliphatic rings. The van der Waals surface area contributed by atoms with Gasteiger partial charge in [-0.25, -0.2) is 0 Å². The van der Waals surface area contributed by atoms with Crippen LogP contribution < -0.4 is 10.6 Å². The van der Waals surface area contributed by atoms with Gasteiger partial charge in [-0.15, -0.1) is 0 Å². The number of nitrogens with one attached hydrogen (secondary N) is 2. The number of aliphatic hydroxyl groups is 1. The van der Waals surface area contributed by atoms with Crippen LogP contribution in [0, 0.1) is 5.41 Å². The highest BCUT2D eigenvalue weighted by atomic mass is 16.5. The van der Waals surface area contributed by atoms with E-state index in [4.69, 9.17) is 4.74 Å². The Morgan fingerprint density at radius 1 is 1.35 bits per heavy atom. The summed E-state index contributed by atoms with van der Waals surface area (Å²) >= 11 is 0. The van der Waals surface area contributed by atoms with E-state index in [9.17, 15) is 9.90 Å². The van der Waals surface area contributed by atoms with Crippen LogP contribution in [0.15, 0.2) is 0 Å². The van der Waals surface area contributed by atoms with Crippen molar-refractivity contribution >= 4 is 5.91 Å². The van der Waals surface area contributed by atoms with Crippen LogP contribution in [0.4, 0.5) is 0 Å². The largest absolute Gasteiger partial charge is 0.396 e. The van der Waals surface area contributed by atoms with Crippen LogP contribution in [0.25, 0.3) is 0 Å². The first-order valence-electron chi connectivity index (χ1n) is 6.21. The summed E-state index contributed by atoms with van der Waals surface area (Å²) in [5.41, 5.74) is -0.104. The standard InChI is InChI=1S/C12H26N2O3/c1-4-12(5-2,10-15)9-13-8-11(16)14-6-7-17-3/h13,15H,4-10H2,1-3H3,(H,14,16). The van der Waals surface area contributed by atoms with Gasteiger partial charge in [0.1, 0.15) is 0 Å². The molecule has 0 aromatic rings. The van der Waals surface area contributed by atoms with Crippen molar-refractivity contribution in [3.05, 3.63) is 0 Å². The second-order valence-corrected chi connectivity index (χ2v) is 4.31. The van der Waals surface area contributed by atoms with Crippen molar-refractivity contribution in [3.63, 3.8) is 0 Å². The second-order valence-electron chi connectivity index (χ2n) is 4.31. The number of methoxy groups -OCH3 is 1. The number of hydrogen-bond acceptors (Lipinski definition) is 4. The topological polar surface area (TPSA) is 70.6 Å². The molecule has 1 amide bonds. The number of amides is 1. The smallest absolute Gasteiger partial charge is 0.234 e. The van der Waals surface area contributed by atoms with Gasteiger partial charge in [0.2, 0.25) is 5.91 Å². The first-order chi connectivity index (χ1) is 8.14. The maximum Gasteiger partial charge on any atom is 0.234 e. The lowest BCUT2D eigenvalue weighted by molar-refractivity contribution is -0.120. The number of aliphatic hydroxyl groups excluding tert-OH is 1. The van der Waals surface area contributed by atoms with Gasteiger partial charge in [-0.2, -0.15) is 0 Å². The average molecular weight is 246 g/mol. The number of carbonyl (C=O) groups excluding carboxylic acids is 1. The zero-order valence-electron chi connectivity index (χ0n) is 11.2. The molecule has 5 heteroatoms. The highest BCUT2D eigenvalue weighted by molar-refractivity contribution is 5.77. The Hall–Kier alpha value is -0.650. The zero-order chi connectivity index (χ0) is 13.1. The van der Waals surface area contributed by atoms with E-state index in [0.717, 1.165) is 12.8 Å². The van der Waals surface area contributed by atoms with Crippen LogP contribution in [0.3, 0.4) is 0 Å². The average Bonchev–Trinajstić information content (AvgIpc) is 2.36. The molecular weight excluding hydrogens is 220 g/mol. The molecule has 0 unspecified atom stereocenters. The molecule has 0 aliphatic carbocycles. The molecule has 0 saturated heterocycles. The monoisotopic (exact) mass is 246 g/mol. The number of ether oxygens (including phenoxy) is 1. The van der Waals surface area contributed by atoms with E-state index in [1.165, 1.54) is 0 Å². The summed E-state index contributed by atoms with van der Waals surface area (Å²) in [7, 11) is 1.60. The molecule has 0 atom stereocenters. The van der Waals surface area contributed by atoms with Crippen LogP contribution in [-0.2, 0) is 9.53 Å². The van der Waals surface area contributed by atoms with Crippen LogP contribution in [0.1, 0.15) is 26.7 Å². The van der Waals surface area contributed by atoms with Gasteiger partial charge in [0.05, 0.1) is 13.2 Å². The van der Waals surface area contributed by atoms with Crippen LogP contribution in [-0.4, -0.2) is 51.0 Å². The van der Waals surface area contributed by atoms with E-state index in [-0.39, 0.29) is 24.5 Å². The fraction of sp³-hybridized carbons (Fsp3) is 0.917. The van der Waals surface area contributed by atoms with E-state index >= 15 is 0 Å². The predicted molar refractivity (Wildman–Crippen MR) is 67.9 cm³/mol. The van der Waals surface area contributed by atoms with Gasteiger partial charge in [-0.1, -0.05) is 13.8 Å². The number of carbonyl (C=O) groups is 1. The van der Waals surface area contributed by atoms with Gasteiger partial charge < -0.3 is 20.5 Å². The minimum Gasteiger partial charge on any atom is -0.396 e. The molecule has 0 heterocycles. The van der Waals surface area contributed by atoms with Crippen molar-refractivity contribution in [2.24, 2.45) is 5.41 Å². The maximum atomic E-state index is 11.4. The van der Waals surface area contributed by atoms with Crippen molar-refractivity contribution < 1.29 is 14.6 Å². The van der Waals surface area contributed by atoms with Crippen molar-refractivity contribution in [3.8, 4) is 0 Å². The van der Waals surface area contributed by atoms with Crippen molar-refractivity contribution in [1.82, 2.24) is 10.6 Å². The van der Waals surface area contributed by atoms with Gasteiger partial charge in [0.15, 0.2) is 0 Å². The van der Waals surface area contributed by atoms with Crippen LogP contribution >= 0.6 is 0 Å². The Morgan fingerprint density at radius 3 is 2.47 bits per heavy atom. The molecule has 5 nitrogen and oxygen atoms in total. The third-order valence-corrected chi connectivity index (χ3v) is 3.25. The van der Waals surface area contributed by atoms with Gasteiger partial charge in [0.25, 0.3) is 0 Å². The van der Waals surface area contributed by atoms with Gasteiger partial charge in [0, 0.05) is 32.2 Å². The summed E-state index contributed by atoms with van der Waals surface area (Å²) < 4.78 is 4.83. The molecule has 0 bridgehead atoms. The zero-order valence-corrected chi connectivity index (χ0v) is 11.2. The molecule has 0 spiro atoms. The first-order valence-corrected chi connectivity index (χ1v) is 6.21. The van der Waals surface area contributed by atoms with E-state index in [1.807, 2.05) is 0 Å². The third-order valence-electron chi connectivity index (χ3n) is 3.25. The predicted octanol–water partition coefficient (Wildman–Crippen LogP) is 0.137. The minimum atomic E-state index is -0.104. The van der Waals surface area contributed by atoms with E-state index in [0.29, 0.717) is 19.7 Å². The maximum absolute atomic E-state index is 11.4. The van der Waals surface area contributed by atoms with Crippen LogP contribution in [0.5, 0.6) is 0 Å². The molecule has 0 saturated carbocycles. The number of rotatable bonds is 10. The fourth-order valence-electron chi connectivity index (χ4n) is 1.58. The summed E-state index contributed by atoms with van der Waals surface area (Å²) in [5, 5.41) is 15.2. The molecular formula is C12H26N2O3. The van der Waals surface area contributed by atoms with Crippen molar-refractivity contribution in [2.75, 3.05) is 40.0 Å². The molecule has 0 radical (unpaired) electrons. The fourth-order valence-corrected chi connectivity index (χ4v) is 1.58. The summed E-state index contributed by atoms with van der Waals surface area (Å²) in [4.78, 5) is 11.4. The Kier molecular flexibility index (Phi) is 9.03. The SMILES string of the molecule is CCC(CC)(CO)CNCC(=O)NCCOC. The molecule has 0 aromatic heterocycles. The summed E-state index contributed by atoms with van der Waals surface area (Å²) in [6.45, 7) is 6.26. The molecule has 3 N–H and O–H groups in total. The summed E-state index contributed by atoms with van der Waals surface area (Å²) in [6.07, 6.45) is 1.80. The van der Waals surface area contributed by atoms with Crippen molar-refractivity contribution in [2.45, 2.75) is 26.7 Å². The molecule has 0 fully saturated rings. The number of hydrogen-bond donors (Lipinski definition) is 3. The van der Waals surface area contributed by atoms with Gasteiger partial charge in [-0.05, 0) is 12.8 Å². The summed E-state index contributed by atoms with van der Waals surface area (Å²) in [5.74, 6) is -0.0407. The lowest BCUT2D eigenvalue weighted by Gasteiger charge is -2.29. The summed E-state index contributed by atoms with van der Waals surface area (Å²) in [6, 6.07) is 0.